The number of benzene rings is 1. The summed E-state index contributed by atoms with van der Waals surface area (Å²) in [6.45, 7) is 3.91. The number of nitrogens with two attached hydrogens (primary N) is 1. The van der Waals surface area contributed by atoms with Gasteiger partial charge in [-0.2, -0.15) is 0 Å². The van der Waals surface area contributed by atoms with E-state index in [1.54, 1.807) is 6.07 Å². The largest absolute Gasteiger partial charge is 0.368 e. The van der Waals surface area contributed by atoms with Crippen LogP contribution in [0.5, 0.6) is 0 Å². The minimum atomic E-state index is -0.703. The summed E-state index contributed by atoms with van der Waals surface area (Å²) in [7, 11) is 0. The highest BCUT2D eigenvalue weighted by atomic mass is 16.2. The molecule has 6 heteroatoms. The number of aromatic nitrogens is 2. The molecule has 1 aromatic heterocycles. The number of primary amides is 1. The lowest BCUT2D eigenvalue weighted by atomic mass is 10.0. The zero-order valence-corrected chi connectivity index (χ0v) is 12.0. The molecule has 0 aliphatic rings. The van der Waals surface area contributed by atoms with E-state index >= 15 is 0 Å². The topological polar surface area (TPSA) is 98.0 Å². The van der Waals surface area contributed by atoms with E-state index in [1.807, 2.05) is 32.0 Å². The van der Waals surface area contributed by atoms with Crippen LogP contribution >= 0.6 is 0 Å². The number of carbonyl (C=O) groups excluding carboxylic acids is 2. The summed E-state index contributed by atoms with van der Waals surface area (Å²) in [6, 6.07) is 6.56. The molecular formula is C15H18N4O2. The van der Waals surface area contributed by atoms with Crippen LogP contribution in [0.25, 0.3) is 11.0 Å². The van der Waals surface area contributed by atoms with Crippen molar-refractivity contribution in [2.75, 3.05) is 0 Å². The summed E-state index contributed by atoms with van der Waals surface area (Å²) in [5.74, 6) is -0.756. The lowest BCUT2D eigenvalue weighted by Gasteiger charge is -2.17. The minimum Gasteiger partial charge on any atom is -0.368 e. The van der Waals surface area contributed by atoms with Gasteiger partial charge in [0.05, 0.1) is 17.2 Å². The summed E-state index contributed by atoms with van der Waals surface area (Å²) in [5.41, 5.74) is 6.82. The minimum absolute atomic E-state index is 0.170. The van der Waals surface area contributed by atoms with Crippen LogP contribution in [0.4, 0.5) is 0 Å². The predicted molar refractivity (Wildman–Crippen MR) is 79.4 cm³/mol. The van der Waals surface area contributed by atoms with E-state index in [9.17, 15) is 9.59 Å². The highest BCUT2D eigenvalue weighted by Crippen LogP contribution is 2.09. The molecule has 6 nitrogen and oxygen atoms in total. The lowest BCUT2D eigenvalue weighted by molar-refractivity contribution is -0.120. The maximum absolute atomic E-state index is 12.2. The van der Waals surface area contributed by atoms with Crippen LogP contribution < -0.4 is 11.1 Å². The fourth-order valence-electron chi connectivity index (χ4n) is 2.02. The van der Waals surface area contributed by atoms with Crippen molar-refractivity contribution in [1.29, 1.82) is 0 Å². The smallest absolute Gasteiger partial charge is 0.272 e. The first-order chi connectivity index (χ1) is 9.97. The molecule has 0 spiro atoms. The van der Waals surface area contributed by atoms with Crippen molar-refractivity contribution in [3.8, 4) is 0 Å². The van der Waals surface area contributed by atoms with Crippen molar-refractivity contribution < 1.29 is 9.59 Å². The molecule has 110 valence electrons. The van der Waals surface area contributed by atoms with Crippen molar-refractivity contribution in [2.45, 2.75) is 26.3 Å². The zero-order valence-electron chi connectivity index (χ0n) is 12.0. The Hall–Kier alpha value is -2.50. The van der Waals surface area contributed by atoms with Crippen molar-refractivity contribution >= 4 is 22.8 Å². The molecule has 0 fully saturated rings. The van der Waals surface area contributed by atoms with E-state index in [1.165, 1.54) is 6.20 Å². The number of hydrogen-bond acceptors (Lipinski definition) is 4. The molecule has 0 saturated carbocycles. The molecule has 0 aliphatic carbocycles. The number of fused-ring (bicyclic) bond motifs is 1. The molecule has 0 radical (unpaired) electrons. The van der Waals surface area contributed by atoms with Crippen LogP contribution in [0.1, 0.15) is 30.8 Å². The monoisotopic (exact) mass is 286 g/mol. The quantitative estimate of drug-likeness (QED) is 0.864. The maximum atomic E-state index is 12.2. The van der Waals surface area contributed by atoms with Gasteiger partial charge in [0.15, 0.2) is 0 Å². The normalized spacial score (nSPS) is 12.3. The summed E-state index contributed by atoms with van der Waals surface area (Å²) in [6.07, 6.45) is 1.88. The van der Waals surface area contributed by atoms with Gasteiger partial charge in [0.1, 0.15) is 11.7 Å². The van der Waals surface area contributed by atoms with E-state index in [2.05, 4.69) is 15.3 Å². The van der Waals surface area contributed by atoms with Gasteiger partial charge >= 0.3 is 0 Å². The molecule has 21 heavy (non-hydrogen) atoms. The molecule has 3 N–H and O–H groups in total. The van der Waals surface area contributed by atoms with Crippen LogP contribution in [-0.4, -0.2) is 27.8 Å². The number of rotatable bonds is 5. The van der Waals surface area contributed by atoms with Gasteiger partial charge in [-0.3, -0.25) is 14.6 Å². The standard InChI is InChI=1S/C15H18N4O2/c1-9(2)7-12(14(16)20)19-15(21)13-8-17-10-5-3-4-6-11(10)18-13/h3-6,8-9,12H,7H2,1-2H3,(H2,16,20)(H,19,21)/t12-/m0/s1. The Labute approximate surface area is 122 Å². The Morgan fingerprint density at radius 3 is 2.52 bits per heavy atom. The Bertz CT molecular complexity index is 670. The Kier molecular flexibility index (Phi) is 4.47. The number of amides is 2. The Morgan fingerprint density at radius 2 is 1.90 bits per heavy atom. The van der Waals surface area contributed by atoms with Gasteiger partial charge in [0, 0.05) is 0 Å². The fraction of sp³-hybridized carbons (Fsp3) is 0.333. The highest BCUT2D eigenvalue weighted by Gasteiger charge is 2.21. The van der Waals surface area contributed by atoms with E-state index in [0.29, 0.717) is 17.5 Å². The average molecular weight is 286 g/mol. The van der Waals surface area contributed by atoms with Gasteiger partial charge in [-0.15, -0.1) is 0 Å². The molecule has 0 saturated heterocycles. The van der Waals surface area contributed by atoms with Gasteiger partial charge in [-0.25, -0.2) is 4.98 Å². The summed E-state index contributed by atoms with van der Waals surface area (Å²) in [4.78, 5) is 32.0. The second-order valence-corrected chi connectivity index (χ2v) is 5.30. The van der Waals surface area contributed by atoms with Crippen molar-refractivity contribution in [1.82, 2.24) is 15.3 Å². The Morgan fingerprint density at radius 1 is 1.24 bits per heavy atom. The molecule has 0 aliphatic heterocycles. The molecule has 2 amide bonds. The summed E-state index contributed by atoms with van der Waals surface area (Å²) >= 11 is 0. The maximum Gasteiger partial charge on any atom is 0.272 e. The van der Waals surface area contributed by atoms with E-state index in [0.717, 1.165) is 0 Å². The highest BCUT2D eigenvalue weighted by molar-refractivity contribution is 5.96. The van der Waals surface area contributed by atoms with Crippen molar-refractivity contribution in [3.63, 3.8) is 0 Å². The van der Waals surface area contributed by atoms with E-state index in [-0.39, 0.29) is 11.6 Å². The van der Waals surface area contributed by atoms with Crippen molar-refractivity contribution in [3.05, 3.63) is 36.2 Å². The number of carbonyl (C=O) groups is 2. The molecule has 1 heterocycles. The van der Waals surface area contributed by atoms with Gasteiger partial charge in [0.25, 0.3) is 5.91 Å². The van der Waals surface area contributed by atoms with E-state index in [4.69, 9.17) is 5.73 Å². The third-order valence-corrected chi connectivity index (χ3v) is 3.04. The summed E-state index contributed by atoms with van der Waals surface area (Å²) in [5, 5.41) is 2.61. The second kappa shape index (κ2) is 6.30. The first-order valence-corrected chi connectivity index (χ1v) is 6.79. The van der Waals surface area contributed by atoms with Gasteiger partial charge in [-0.1, -0.05) is 26.0 Å². The average Bonchev–Trinajstić information content (AvgIpc) is 2.45. The van der Waals surface area contributed by atoms with E-state index < -0.39 is 17.9 Å². The molecule has 1 aromatic carbocycles. The Balaban J connectivity index is 2.19. The summed E-state index contributed by atoms with van der Waals surface area (Å²) < 4.78 is 0. The molecule has 2 rings (SSSR count). The van der Waals surface area contributed by atoms with Crippen LogP contribution in [0.2, 0.25) is 0 Å². The van der Waals surface area contributed by atoms with Gasteiger partial charge in [0.2, 0.25) is 5.91 Å². The van der Waals surface area contributed by atoms with Gasteiger partial charge < -0.3 is 11.1 Å². The second-order valence-electron chi connectivity index (χ2n) is 5.30. The predicted octanol–water partition coefficient (Wildman–Crippen LogP) is 1.26. The van der Waals surface area contributed by atoms with Crippen LogP contribution in [-0.2, 0) is 4.79 Å². The number of nitrogens with one attached hydrogen (secondary N) is 1. The SMILES string of the molecule is CC(C)C[C@H](NC(=O)c1cnc2ccccc2n1)C(N)=O. The lowest BCUT2D eigenvalue weighted by Crippen LogP contribution is -2.45. The molecule has 1 atom stereocenters. The molecule has 0 unspecified atom stereocenters. The number of para-hydroxylation sites is 2. The van der Waals surface area contributed by atoms with Crippen molar-refractivity contribution in [2.24, 2.45) is 11.7 Å². The van der Waals surface area contributed by atoms with Crippen LogP contribution in [0, 0.1) is 5.92 Å². The number of nitrogens with zero attached hydrogens (tertiary/aromatic N) is 2. The first kappa shape index (κ1) is 14.9. The molecular weight excluding hydrogens is 268 g/mol. The zero-order chi connectivity index (χ0) is 15.4. The van der Waals surface area contributed by atoms with Gasteiger partial charge in [-0.05, 0) is 24.5 Å². The first-order valence-electron chi connectivity index (χ1n) is 6.79. The third kappa shape index (κ3) is 3.75. The fourth-order valence-corrected chi connectivity index (χ4v) is 2.02. The van der Waals surface area contributed by atoms with Crippen LogP contribution in [0.3, 0.4) is 0 Å². The van der Waals surface area contributed by atoms with Crippen LogP contribution in [0.15, 0.2) is 30.5 Å². The third-order valence-electron chi connectivity index (χ3n) is 3.04. The molecule has 0 bridgehead atoms. The molecule has 2 aromatic rings. The number of hydrogen-bond donors (Lipinski definition) is 2.